The predicted octanol–water partition coefficient (Wildman–Crippen LogP) is 2.38. The fraction of sp³-hybridized carbons (Fsp3) is 0.875. The summed E-state index contributed by atoms with van der Waals surface area (Å²) in [4.78, 5) is 35.8. The lowest BCUT2D eigenvalue weighted by molar-refractivity contribution is -0.168. The molecule has 7 atom stereocenters. The molecule has 0 fully saturated rings. The van der Waals surface area contributed by atoms with Gasteiger partial charge in [0, 0.05) is 6.42 Å². The summed E-state index contributed by atoms with van der Waals surface area (Å²) >= 11 is 0. The van der Waals surface area contributed by atoms with Crippen LogP contribution in [0.5, 0.6) is 0 Å². The summed E-state index contributed by atoms with van der Waals surface area (Å²) in [6.45, 7) is 10.3. The highest BCUT2D eigenvalue weighted by atomic mass is 16.6. The zero-order valence-electron chi connectivity index (χ0n) is 21.0. The van der Waals surface area contributed by atoms with Gasteiger partial charge in [0.15, 0.2) is 6.10 Å². The minimum atomic E-state index is -0.993. The molecule has 0 saturated carbocycles. The molecule has 0 saturated heterocycles. The number of ether oxygens (including phenoxy) is 3. The number of aliphatic hydroxyl groups is 3. The van der Waals surface area contributed by atoms with E-state index < -0.39 is 42.3 Å². The fourth-order valence-electron chi connectivity index (χ4n) is 2.93. The van der Waals surface area contributed by atoms with Crippen molar-refractivity contribution in [2.75, 3.05) is 13.2 Å². The van der Waals surface area contributed by atoms with Crippen LogP contribution in [0.15, 0.2) is 0 Å². The molecular formula is C24H44O9. The number of rotatable bonds is 17. The summed E-state index contributed by atoms with van der Waals surface area (Å²) in [6.07, 6.45) is -1.87. The first-order chi connectivity index (χ1) is 15.4. The van der Waals surface area contributed by atoms with E-state index >= 15 is 0 Å². The van der Waals surface area contributed by atoms with Gasteiger partial charge < -0.3 is 29.5 Å². The molecule has 0 aromatic heterocycles. The molecule has 33 heavy (non-hydrogen) atoms. The summed E-state index contributed by atoms with van der Waals surface area (Å²) in [5.74, 6) is -2.16. The van der Waals surface area contributed by atoms with Crippen LogP contribution in [0.25, 0.3) is 0 Å². The normalized spacial score (nSPS) is 17.7. The van der Waals surface area contributed by atoms with Gasteiger partial charge in [0.05, 0.1) is 31.2 Å². The van der Waals surface area contributed by atoms with Gasteiger partial charge in [-0.25, -0.2) is 0 Å². The molecule has 3 N–H and O–H groups in total. The van der Waals surface area contributed by atoms with Crippen molar-refractivity contribution in [2.24, 2.45) is 17.8 Å². The Morgan fingerprint density at radius 3 is 1.52 bits per heavy atom. The van der Waals surface area contributed by atoms with Gasteiger partial charge >= 0.3 is 17.9 Å². The standard InChI is InChI=1S/C24H44O9/c1-7-15(4)19(25)10-17(6)21(27)12-24(30)32-14-18(33-22(28)9-3)13-31-23(29)11-20(26)16(5)8-2/h15-21,25-27H,7-14H2,1-6H3. The Hall–Kier alpha value is -1.71. The molecule has 0 radical (unpaired) electrons. The van der Waals surface area contributed by atoms with E-state index in [2.05, 4.69) is 0 Å². The van der Waals surface area contributed by atoms with Gasteiger partial charge in [-0.3, -0.25) is 14.4 Å². The quantitative estimate of drug-likeness (QED) is 0.213. The Morgan fingerprint density at radius 2 is 1.09 bits per heavy atom. The molecule has 0 aromatic rings. The summed E-state index contributed by atoms with van der Waals surface area (Å²) in [6, 6.07) is 0. The average molecular weight is 477 g/mol. The highest BCUT2D eigenvalue weighted by Gasteiger charge is 2.25. The first-order valence-electron chi connectivity index (χ1n) is 12.0. The van der Waals surface area contributed by atoms with Gasteiger partial charge in [-0.05, 0) is 24.2 Å². The van der Waals surface area contributed by atoms with Crippen molar-refractivity contribution in [2.45, 2.75) is 104 Å². The number of esters is 3. The number of carbonyl (C=O) groups is 3. The lowest BCUT2D eigenvalue weighted by Gasteiger charge is -2.24. The maximum atomic E-state index is 12.2. The molecule has 0 amide bonds. The van der Waals surface area contributed by atoms with Crippen LogP contribution < -0.4 is 0 Å². The van der Waals surface area contributed by atoms with E-state index in [9.17, 15) is 29.7 Å². The smallest absolute Gasteiger partial charge is 0.308 e. The molecule has 0 aromatic carbocycles. The summed E-state index contributed by atoms with van der Waals surface area (Å²) in [7, 11) is 0. The molecule has 0 spiro atoms. The van der Waals surface area contributed by atoms with E-state index in [1.165, 1.54) is 0 Å². The van der Waals surface area contributed by atoms with Crippen molar-refractivity contribution < 1.29 is 43.9 Å². The van der Waals surface area contributed by atoms with Gasteiger partial charge in [0.2, 0.25) is 0 Å². The van der Waals surface area contributed by atoms with Crippen molar-refractivity contribution in [3.8, 4) is 0 Å². The predicted molar refractivity (Wildman–Crippen MR) is 122 cm³/mol. The molecule has 9 heteroatoms. The summed E-state index contributed by atoms with van der Waals surface area (Å²) in [5.41, 5.74) is 0. The second-order valence-electron chi connectivity index (χ2n) is 8.93. The second-order valence-corrected chi connectivity index (χ2v) is 8.93. The molecule has 0 aliphatic carbocycles. The van der Waals surface area contributed by atoms with Crippen LogP contribution in [-0.4, -0.2) is 70.9 Å². The van der Waals surface area contributed by atoms with Gasteiger partial charge in [0.1, 0.15) is 13.2 Å². The van der Waals surface area contributed by atoms with Crippen LogP contribution in [0.3, 0.4) is 0 Å². The number of hydrogen-bond donors (Lipinski definition) is 3. The molecule has 0 rings (SSSR count). The topological polar surface area (TPSA) is 140 Å². The number of carbonyl (C=O) groups excluding carboxylic acids is 3. The van der Waals surface area contributed by atoms with E-state index in [1.54, 1.807) is 13.8 Å². The zero-order valence-corrected chi connectivity index (χ0v) is 21.0. The molecule has 0 heterocycles. The zero-order chi connectivity index (χ0) is 25.6. The minimum Gasteiger partial charge on any atom is -0.462 e. The largest absolute Gasteiger partial charge is 0.462 e. The molecule has 7 unspecified atom stereocenters. The molecular weight excluding hydrogens is 432 g/mol. The lowest BCUT2D eigenvalue weighted by atomic mass is 9.89. The number of hydrogen-bond acceptors (Lipinski definition) is 9. The van der Waals surface area contributed by atoms with Crippen LogP contribution in [-0.2, 0) is 28.6 Å². The van der Waals surface area contributed by atoms with E-state index in [1.807, 2.05) is 27.7 Å². The van der Waals surface area contributed by atoms with Crippen LogP contribution in [0.4, 0.5) is 0 Å². The summed E-state index contributed by atoms with van der Waals surface area (Å²) < 4.78 is 15.4. The molecule has 9 nitrogen and oxygen atoms in total. The Kier molecular flexibility index (Phi) is 16.0. The summed E-state index contributed by atoms with van der Waals surface area (Å²) in [5, 5.41) is 30.3. The maximum Gasteiger partial charge on any atom is 0.308 e. The Morgan fingerprint density at radius 1 is 0.667 bits per heavy atom. The Labute approximate surface area is 197 Å². The van der Waals surface area contributed by atoms with E-state index in [4.69, 9.17) is 14.2 Å². The van der Waals surface area contributed by atoms with Crippen molar-refractivity contribution >= 4 is 17.9 Å². The Bertz CT molecular complexity index is 580. The van der Waals surface area contributed by atoms with Crippen LogP contribution in [0.2, 0.25) is 0 Å². The van der Waals surface area contributed by atoms with Gasteiger partial charge in [-0.2, -0.15) is 0 Å². The third-order valence-corrected chi connectivity index (χ3v) is 6.07. The van der Waals surface area contributed by atoms with E-state index in [0.29, 0.717) is 12.8 Å². The second kappa shape index (κ2) is 16.8. The van der Waals surface area contributed by atoms with Crippen molar-refractivity contribution in [1.82, 2.24) is 0 Å². The van der Waals surface area contributed by atoms with Crippen LogP contribution in [0.1, 0.15) is 80.1 Å². The monoisotopic (exact) mass is 476 g/mol. The van der Waals surface area contributed by atoms with E-state index in [0.717, 1.165) is 6.42 Å². The van der Waals surface area contributed by atoms with Gasteiger partial charge in [-0.1, -0.05) is 54.4 Å². The van der Waals surface area contributed by atoms with Crippen LogP contribution in [0, 0.1) is 17.8 Å². The van der Waals surface area contributed by atoms with Crippen LogP contribution >= 0.6 is 0 Å². The van der Waals surface area contributed by atoms with Crippen molar-refractivity contribution in [1.29, 1.82) is 0 Å². The number of aliphatic hydroxyl groups excluding tert-OH is 3. The first kappa shape index (κ1) is 31.3. The molecule has 0 aliphatic rings. The third-order valence-electron chi connectivity index (χ3n) is 6.07. The van der Waals surface area contributed by atoms with Crippen molar-refractivity contribution in [3.05, 3.63) is 0 Å². The molecule has 0 aliphatic heterocycles. The first-order valence-corrected chi connectivity index (χ1v) is 12.0. The minimum absolute atomic E-state index is 0.0627. The average Bonchev–Trinajstić information content (AvgIpc) is 2.78. The highest BCUT2D eigenvalue weighted by molar-refractivity contribution is 5.71. The van der Waals surface area contributed by atoms with Crippen molar-refractivity contribution in [3.63, 3.8) is 0 Å². The third kappa shape index (κ3) is 13.6. The molecule has 194 valence electrons. The highest BCUT2D eigenvalue weighted by Crippen LogP contribution is 2.20. The van der Waals surface area contributed by atoms with Gasteiger partial charge in [0.25, 0.3) is 0 Å². The SMILES string of the molecule is CCC(=O)OC(COC(=O)CC(O)C(C)CC)COC(=O)CC(O)C(C)CC(O)C(C)CC. The maximum absolute atomic E-state index is 12.2. The van der Waals surface area contributed by atoms with E-state index in [-0.39, 0.29) is 50.2 Å². The lowest BCUT2D eigenvalue weighted by Crippen LogP contribution is -2.33. The fourth-order valence-corrected chi connectivity index (χ4v) is 2.93. The Balaban J connectivity index is 4.66. The van der Waals surface area contributed by atoms with Gasteiger partial charge in [-0.15, -0.1) is 0 Å². The molecule has 0 bridgehead atoms.